The van der Waals surface area contributed by atoms with Crippen LogP contribution in [0.25, 0.3) is 0 Å². The average molecular weight is 706 g/mol. The summed E-state index contributed by atoms with van der Waals surface area (Å²) >= 11 is 11.2. The fraction of sp³-hybridized carbons (Fsp3) is 0.233. The smallest absolute Gasteiger partial charge is 0.242 e. The number of hydrogen-bond donors (Lipinski definition) is 0. The van der Waals surface area contributed by atoms with Gasteiger partial charge in [0.2, 0.25) is 9.70 Å². The highest BCUT2D eigenvalue weighted by atomic mass is 127. The molecule has 1 amide bonds. The van der Waals surface area contributed by atoms with E-state index in [1.807, 2.05) is 21.9 Å². The number of anilines is 1. The van der Waals surface area contributed by atoms with Gasteiger partial charge in [-0.05, 0) is 74.2 Å². The van der Waals surface area contributed by atoms with E-state index in [1.54, 1.807) is 36.8 Å². The van der Waals surface area contributed by atoms with Gasteiger partial charge in [0, 0.05) is 62.5 Å². The van der Waals surface area contributed by atoms with Crippen molar-refractivity contribution < 1.29 is 14.0 Å². The number of hydrogen-bond acceptors (Lipinski definition) is 6. The van der Waals surface area contributed by atoms with Crippen molar-refractivity contribution in [3.63, 3.8) is 0 Å². The summed E-state index contributed by atoms with van der Waals surface area (Å²) in [6.45, 7) is 6.82. The SMILES string of the molecule is C=C(Cc1ccc(F)cc1)C1=IC(=O)C(Cc2cncnc2)=CN1CC(=O)N1CCN(c2ccc(Cl)c(Cl)c2)CC1. The van der Waals surface area contributed by atoms with Gasteiger partial charge in [-0.2, -0.15) is 0 Å². The largest absolute Gasteiger partial charge is 0.368 e. The number of amides is 1. The van der Waals surface area contributed by atoms with E-state index in [1.165, 1.54) is 18.5 Å². The van der Waals surface area contributed by atoms with Crippen molar-refractivity contribution in [2.45, 2.75) is 12.8 Å². The molecule has 0 spiro atoms. The van der Waals surface area contributed by atoms with Crippen LogP contribution in [0.2, 0.25) is 10.0 Å². The lowest BCUT2D eigenvalue weighted by molar-refractivity contribution is -0.131. The minimum absolute atomic E-state index is 0.0251. The van der Waals surface area contributed by atoms with Crippen LogP contribution in [0.15, 0.2) is 85.1 Å². The molecule has 41 heavy (non-hydrogen) atoms. The molecule has 2 aromatic carbocycles. The minimum Gasteiger partial charge on any atom is -0.368 e. The van der Waals surface area contributed by atoms with Crippen LogP contribution in [0.3, 0.4) is 0 Å². The quantitative estimate of drug-likeness (QED) is 0.230. The van der Waals surface area contributed by atoms with Gasteiger partial charge < -0.3 is 14.7 Å². The second kappa shape index (κ2) is 13.2. The van der Waals surface area contributed by atoms with E-state index in [4.69, 9.17) is 23.2 Å². The molecule has 0 aliphatic carbocycles. The van der Waals surface area contributed by atoms with Gasteiger partial charge in [-0.3, -0.25) is 9.59 Å². The molecule has 0 N–H and O–H groups in total. The Kier molecular flexibility index (Phi) is 9.46. The summed E-state index contributed by atoms with van der Waals surface area (Å²) in [4.78, 5) is 40.8. The van der Waals surface area contributed by atoms with E-state index >= 15 is 0 Å². The molecule has 0 radical (unpaired) electrons. The first kappa shape index (κ1) is 29.3. The van der Waals surface area contributed by atoms with Crippen LogP contribution >= 0.6 is 43.9 Å². The van der Waals surface area contributed by atoms with Crippen LogP contribution in [0.1, 0.15) is 11.1 Å². The van der Waals surface area contributed by atoms with Crippen LogP contribution < -0.4 is 4.90 Å². The van der Waals surface area contributed by atoms with Crippen molar-refractivity contribution in [2.75, 3.05) is 37.6 Å². The lowest BCUT2D eigenvalue weighted by atomic mass is 10.1. The predicted octanol–water partition coefficient (Wildman–Crippen LogP) is 5.44. The minimum atomic E-state index is -1.11. The Bertz CT molecular complexity index is 1520. The highest BCUT2D eigenvalue weighted by Crippen LogP contribution is 2.29. The highest BCUT2D eigenvalue weighted by molar-refractivity contribution is 14.2. The summed E-state index contributed by atoms with van der Waals surface area (Å²) in [5.41, 5.74) is 4.07. The molecular formula is C30H27Cl2FIN5O2. The van der Waals surface area contributed by atoms with Crippen LogP contribution in [-0.2, 0) is 22.4 Å². The van der Waals surface area contributed by atoms with E-state index in [9.17, 15) is 14.0 Å². The van der Waals surface area contributed by atoms with E-state index in [-0.39, 0.29) is 22.1 Å². The molecule has 2 aliphatic rings. The van der Waals surface area contributed by atoms with Gasteiger partial charge >= 0.3 is 0 Å². The van der Waals surface area contributed by atoms with Gasteiger partial charge in [-0.1, -0.05) is 41.9 Å². The average Bonchev–Trinajstić information content (AvgIpc) is 2.98. The molecule has 2 aliphatic heterocycles. The van der Waals surface area contributed by atoms with Crippen molar-refractivity contribution in [2.24, 2.45) is 0 Å². The fourth-order valence-corrected chi connectivity index (χ4v) is 7.32. The summed E-state index contributed by atoms with van der Waals surface area (Å²) in [5.74, 6) is -0.334. The van der Waals surface area contributed by atoms with Gasteiger partial charge in [-0.25, -0.2) is 14.4 Å². The van der Waals surface area contributed by atoms with Gasteiger partial charge in [0.15, 0.2) is 0 Å². The third-order valence-corrected chi connectivity index (χ3v) is 10.6. The van der Waals surface area contributed by atoms with Gasteiger partial charge in [0.25, 0.3) is 0 Å². The summed E-state index contributed by atoms with van der Waals surface area (Å²) in [6.07, 6.45) is 7.47. The van der Waals surface area contributed by atoms with Gasteiger partial charge in [0.1, 0.15) is 18.7 Å². The Balaban J connectivity index is 1.31. The van der Waals surface area contributed by atoms with Crippen molar-refractivity contribution >= 4 is 62.9 Å². The van der Waals surface area contributed by atoms with E-state index in [2.05, 4.69) is 21.4 Å². The Labute approximate surface area is 258 Å². The zero-order valence-corrected chi connectivity index (χ0v) is 25.7. The number of benzene rings is 2. The molecule has 5 rings (SSSR count). The monoisotopic (exact) mass is 705 g/mol. The number of allylic oxidation sites excluding steroid dienone is 1. The number of carbonyl (C=O) groups is 2. The third kappa shape index (κ3) is 7.38. The maximum Gasteiger partial charge on any atom is 0.242 e. The van der Waals surface area contributed by atoms with Crippen LogP contribution in [0, 0.1) is 5.82 Å². The predicted molar refractivity (Wildman–Crippen MR) is 169 cm³/mol. The van der Waals surface area contributed by atoms with Gasteiger partial charge in [-0.15, -0.1) is 0 Å². The van der Waals surface area contributed by atoms with Crippen molar-refractivity contribution in [3.05, 3.63) is 112 Å². The van der Waals surface area contributed by atoms with Crippen molar-refractivity contribution in [1.82, 2.24) is 19.8 Å². The lowest BCUT2D eigenvalue weighted by Crippen LogP contribution is -2.51. The molecule has 1 aromatic heterocycles. The molecule has 1 saturated heterocycles. The van der Waals surface area contributed by atoms with Crippen LogP contribution in [0.4, 0.5) is 10.1 Å². The fourth-order valence-electron chi connectivity index (χ4n) is 4.70. The number of aromatic nitrogens is 2. The summed E-state index contributed by atoms with van der Waals surface area (Å²) in [7, 11) is 0. The second-order valence-electron chi connectivity index (χ2n) is 9.74. The first-order chi connectivity index (χ1) is 19.8. The molecular weight excluding hydrogens is 679 g/mol. The molecule has 3 aromatic rings. The van der Waals surface area contributed by atoms with Crippen molar-refractivity contribution in [3.8, 4) is 0 Å². The Morgan fingerprint density at radius 2 is 1.68 bits per heavy atom. The molecule has 0 atom stereocenters. The summed E-state index contributed by atoms with van der Waals surface area (Å²) < 4.78 is 14.3. The second-order valence-corrected chi connectivity index (χ2v) is 13.1. The van der Waals surface area contributed by atoms with Crippen molar-refractivity contribution in [1.29, 1.82) is 0 Å². The number of halogens is 4. The lowest BCUT2D eigenvalue weighted by Gasteiger charge is -2.37. The zero-order valence-electron chi connectivity index (χ0n) is 22.1. The van der Waals surface area contributed by atoms with E-state index in [0.717, 1.165) is 26.0 Å². The standard InChI is InChI=1S/C30H27Cl2FIN5O2/c1-20(12-21-2-4-24(33)5-3-21)29-34-30(41)23(13-22-15-35-19-36-16-22)17-39(29)18-28(40)38-10-8-37(9-11-38)25-6-7-26(31)27(32)14-25/h2-7,14-17,19H,1,8-13,18H2. The molecule has 11 heteroatoms. The van der Waals surface area contributed by atoms with Crippen LogP contribution in [-0.4, -0.2) is 65.8 Å². The van der Waals surface area contributed by atoms with Gasteiger partial charge in [0.05, 0.1) is 13.7 Å². The molecule has 0 unspecified atom stereocenters. The van der Waals surface area contributed by atoms with Crippen LogP contribution in [0.5, 0.6) is 0 Å². The Morgan fingerprint density at radius 1 is 0.976 bits per heavy atom. The summed E-state index contributed by atoms with van der Waals surface area (Å²) in [5, 5.41) is 1.01. The maximum absolute atomic E-state index is 13.5. The number of rotatable bonds is 8. The Morgan fingerprint density at radius 3 is 2.37 bits per heavy atom. The molecule has 212 valence electrons. The maximum atomic E-state index is 13.5. The molecule has 3 heterocycles. The van der Waals surface area contributed by atoms with E-state index in [0.29, 0.717) is 54.6 Å². The summed E-state index contributed by atoms with van der Waals surface area (Å²) in [6, 6.07) is 11.8. The third-order valence-electron chi connectivity index (χ3n) is 6.83. The normalized spacial score (nSPS) is 15.7. The first-order valence-electron chi connectivity index (χ1n) is 12.9. The Hall–Kier alpha value is -3.15. The number of carbonyl (C=O) groups excluding carboxylic acids is 2. The molecule has 1 fully saturated rings. The zero-order chi connectivity index (χ0) is 28.9. The molecule has 0 bridgehead atoms. The molecule has 0 saturated carbocycles. The highest BCUT2D eigenvalue weighted by Gasteiger charge is 2.28. The first-order valence-corrected chi connectivity index (χ1v) is 15.9. The molecule has 7 nitrogen and oxygen atoms in total. The number of piperazine rings is 1. The van der Waals surface area contributed by atoms with E-state index < -0.39 is 20.7 Å². The topological polar surface area (TPSA) is 69.6 Å². The number of nitrogens with zero attached hydrogens (tertiary/aromatic N) is 5.